The number of nitrogens with zero attached hydrogens (tertiary/aromatic N) is 1. The number of hydrogen-bond acceptors (Lipinski definition) is 5. The molecule has 0 bridgehead atoms. The molecule has 0 aliphatic carbocycles. The number of nitrogens with two attached hydrogens (primary N) is 1. The predicted molar refractivity (Wildman–Crippen MR) is 77.0 cm³/mol. The van der Waals surface area contributed by atoms with Crippen LogP contribution < -0.4 is 5.73 Å². The number of hydrogen-bond donors (Lipinski definition) is 1. The zero-order valence-corrected chi connectivity index (χ0v) is 13.1. The van der Waals surface area contributed by atoms with Crippen molar-refractivity contribution in [2.75, 3.05) is 33.4 Å². The Bertz CT molecular complexity index is 253. The Kier molecular flexibility index (Phi) is 8.97. The highest BCUT2D eigenvalue weighted by Crippen LogP contribution is 2.13. The molecule has 0 aromatic heterocycles. The monoisotopic (exact) mass is 274 g/mol. The quantitative estimate of drug-likeness (QED) is 0.610. The highest BCUT2D eigenvalue weighted by molar-refractivity contribution is 5.80. The van der Waals surface area contributed by atoms with Gasteiger partial charge in [-0.3, -0.25) is 9.69 Å². The van der Waals surface area contributed by atoms with Crippen LogP contribution in [0.15, 0.2) is 0 Å². The van der Waals surface area contributed by atoms with Gasteiger partial charge in [0.25, 0.3) is 0 Å². The van der Waals surface area contributed by atoms with Crippen molar-refractivity contribution in [1.82, 2.24) is 4.90 Å². The largest absolute Gasteiger partial charge is 0.465 e. The zero-order chi connectivity index (χ0) is 14.9. The van der Waals surface area contributed by atoms with Crippen LogP contribution in [-0.4, -0.2) is 55.9 Å². The molecule has 5 nitrogen and oxygen atoms in total. The molecule has 1 atom stereocenters. The van der Waals surface area contributed by atoms with Crippen LogP contribution in [-0.2, 0) is 14.3 Å². The summed E-state index contributed by atoms with van der Waals surface area (Å²) < 4.78 is 10.2. The lowest BCUT2D eigenvalue weighted by molar-refractivity contribution is -0.150. The minimum absolute atomic E-state index is 0.344. The molecule has 0 spiro atoms. The van der Waals surface area contributed by atoms with E-state index in [1.165, 1.54) is 0 Å². The van der Waals surface area contributed by atoms with Gasteiger partial charge >= 0.3 is 5.97 Å². The molecule has 0 aromatic rings. The molecular formula is C14H30N2O3. The van der Waals surface area contributed by atoms with Gasteiger partial charge in [-0.2, -0.15) is 0 Å². The molecule has 0 saturated heterocycles. The Labute approximate surface area is 117 Å². The van der Waals surface area contributed by atoms with Crippen molar-refractivity contribution in [3.05, 3.63) is 0 Å². The summed E-state index contributed by atoms with van der Waals surface area (Å²) in [6, 6.07) is 0.410. The molecule has 0 heterocycles. The lowest BCUT2D eigenvalue weighted by Gasteiger charge is -2.35. The van der Waals surface area contributed by atoms with Crippen LogP contribution in [0.2, 0.25) is 0 Å². The molecule has 19 heavy (non-hydrogen) atoms. The average Bonchev–Trinajstić information content (AvgIpc) is 2.37. The molecule has 0 saturated carbocycles. The minimum atomic E-state index is -0.980. The lowest BCUT2D eigenvalue weighted by Crippen LogP contribution is -2.57. The van der Waals surface area contributed by atoms with E-state index in [9.17, 15) is 4.79 Å². The van der Waals surface area contributed by atoms with Crippen molar-refractivity contribution in [2.45, 2.75) is 52.1 Å². The van der Waals surface area contributed by atoms with E-state index in [2.05, 4.69) is 18.7 Å². The molecule has 2 N–H and O–H groups in total. The third-order valence-corrected chi connectivity index (χ3v) is 3.31. The Morgan fingerprint density at radius 3 is 2.32 bits per heavy atom. The maximum Gasteiger partial charge on any atom is 0.327 e. The van der Waals surface area contributed by atoms with Gasteiger partial charge in [0, 0.05) is 26.2 Å². The number of methoxy groups -OCH3 is 1. The first kappa shape index (κ1) is 18.4. The summed E-state index contributed by atoms with van der Waals surface area (Å²) in [4.78, 5) is 14.1. The second kappa shape index (κ2) is 9.28. The highest BCUT2D eigenvalue weighted by atomic mass is 16.5. The topological polar surface area (TPSA) is 64.8 Å². The highest BCUT2D eigenvalue weighted by Gasteiger charge is 2.33. The molecule has 0 aliphatic rings. The van der Waals surface area contributed by atoms with Gasteiger partial charge in [0.1, 0.15) is 5.54 Å². The lowest BCUT2D eigenvalue weighted by atomic mass is 10.0. The summed E-state index contributed by atoms with van der Waals surface area (Å²) in [7, 11) is 1.68. The van der Waals surface area contributed by atoms with Crippen LogP contribution in [0.4, 0.5) is 0 Å². The van der Waals surface area contributed by atoms with Crippen molar-refractivity contribution in [2.24, 2.45) is 5.73 Å². The van der Waals surface area contributed by atoms with Gasteiger partial charge in [-0.15, -0.1) is 0 Å². The van der Waals surface area contributed by atoms with Crippen LogP contribution in [0, 0.1) is 0 Å². The van der Waals surface area contributed by atoms with Gasteiger partial charge in [-0.05, 0) is 26.7 Å². The number of rotatable bonds is 10. The van der Waals surface area contributed by atoms with E-state index in [-0.39, 0.29) is 5.97 Å². The van der Waals surface area contributed by atoms with E-state index >= 15 is 0 Å². The number of ether oxygens (including phenoxy) is 2. The van der Waals surface area contributed by atoms with Crippen molar-refractivity contribution in [3.63, 3.8) is 0 Å². The first-order valence-electron chi connectivity index (χ1n) is 7.11. The van der Waals surface area contributed by atoms with E-state index < -0.39 is 5.54 Å². The number of carbonyl (C=O) groups excluding carboxylic acids is 1. The summed E-state index contributed by atoms with van der Waals surface area (Å²) >= 11 is 0. The van der Waals surface area contributed by atoms with Crippen molar-refractivity contribution in [1.29, 1.82) is 0 Å². The molecular weight excluding hydrogens is 244 g/mol. The Morgan fingerprint density at radius 2 is 1.89 bits per heavy atom. The second-order valence-electron chi connectivity index (χ2n) is 5.07. The third-order valence-electron chi connectivity index (χ3n) is 3.31. The molecule has 0 aliphatic heterocycles. The summed E-state index contributed by atoms with van der Waals surface area (Å²) in [5, 5.41) is 0. The number of esters is 1. The fourth-order valence-electron chi connectivity index (χ4n) is 2.19. The van der Waals surface area contributed by atoms with E-state index in [1.54, 1.807) is 21.0 Å². The Morgan fingerprint density at radius 1 is 1.32 bits per heavy atom. The van der Waals surface area contributed by atoms with Crippen LogP contribution >= 0.6 is 0 Å². The van der Waals surface area contributed by atoms with Crippen LogP contribution in [0.1, 0.15) is 40.5 Å². The molecule has 0 aromatic carbocycles. The predicted octanol–water partition coefficient (Wildman–Crippen LogP) is 1.40. The number of carbonyl (C=O) groups is 1. The molecule has 0 rings (SSSR count). The normalized spacial score (nSPS) is 14.7. The van der Waals surface area contributed by atoms with Gasteiger partial charge in [0.15, 0.2) is 0 Å². The third kappa shape index (κ3) is 6.36. The zero-order valence-electron chi connectivity index (χ0n) is 13.1. The van der Waals surface area contributed by atoms with E-state index in [0.717, 1.165) is 19.4 Å². The summed E-state index contributed by atoms with van der Waals surface area (Å²) in [5.41, 5.74) is 5.13. The maximum absolute atomic E-state index is 11.9. The molecule has 0 fully saturated rings. The summed E-state index contributed by atoms with van der Waals surface area (Å²) in [6.45, 7) is 10.1. The van der Waals surface area contributed by atoms with Crippen LogP contribution in [0.3, 0.4) is 0 Å². The molecule has 114 valence electrons. The molecule has 0 amide bonds. The average molecular weight is 274 g/mol. The van der Waals surface area contributed by atoms with Crippen LogP contribution in [0.25, 0.3) is 0 Å². The van der Waals surface area contributed by atoms with E-state index in [1.807, 2.05) is 0 Å². The SMILES string of the molecule is CCOC(=O)C(C)(N)CN(CCOC)C(CC)CC. The van der Waals surface area contributed by atoms with Crippen molar-refractivity contribution in [3.8, 4) is 0 Å². The van der Waals surface area contributed by atoms with Crippen molar-refractivity contribution >= 4 is 5.97 Å². The van der Waals surface area contributed by atoms with Gasteiger partial charge < -0.3 is 15.2 Å². The van der Waals surface area contributed by atoms with Crippen LogP contribution in [0.5, 0.6) is 0 Å². The first-order valence-corrected chi connectivity index (χ1v) is 7.11. The van der Waals surface area contributed by atoms with Gasteiger partial charge in [0.05, 0.1) is 13.2 Å². The molecule has 0 radical (unpaired) electrons. The summed E-state index contributed by atoms with van der Waals surface area (Å²) in [6.07, 6.45) is 2.05. The van der Waals surface area contributed by atoms with E-state index in [0.29, 0.717) is 25.8 Å². The molecule has 1 unspecified atom stereocenters. The Hall–Kier alpha value is -0.650. The van der Waals surface area contributed by atoms with Gasteiger partial charge in [0.2, 0.25) is 0 Å². The smallest absolute Gasteiger partial charge is 0.327 e. The maximum atomic E-state index is 11.9. The minimum Gasteiger partial charge on any atom is -0.465 e. The van der Waals surface area contributed by atoms with Gasteiger partial charge in [-0.1, -0.05) is 13.8 Å². The summed E-state index contributed by atoms with van der Waals surface area (Å²) in [5.74, 6) is -0.344. The molecule has 5 heteroatoms. The fourth-order valence-corrected chi connectivity index (χ4v) is 2.19. The Balaban J connectivity index is 4.72. The second-order valence-corrected chi connectivity index (χ2v) is 5.07. The van der Waals surface area contributed by atoms with E-state index in [4.69, 9.17) is 15.2 Å². The first-order chi connectivity index (χ1) is 8.92. The fraction of sp³-hybridized carbons (Fsp3) is 0.929. The van der Waals surface area contributed by atoms with Gasteiger partial charge in [-0.25, -0.2) is 0 Å². The van der Waals surface area contributed by atoms with Crippen molar-refractivity contribution < 1.29 is 14.3 Å². The standard InChI is InChI=1S/C14H30N2O3/c1-6-12(7-2)16(9-10-18-5)11-14(4,15)13(17)19-8-3/h12H,6-11,15H2,1-5H3.